The largest absolute Gasteiger partial charge is 0.321 e. The van der Waals surface area contributed by atoms with E-state index in [1.54, 1.807) is 12.4 Å². The van der Waals surface area contributed by atoms with Crippen molar-refractivity contribution >= 4 is 0 Å². The molecule has 0 bridgehead atoms. The van der Waals surface area contributed by atoms with Gasteiger partial charge in [-0.1, -0.05) is 5.92 Å². The predicted octanol–water partition coefficient (Wildman–Crippen LogP) is 1.01. The quantitative estimate of drug-likeness (QED) is 0.619. The van der Waals surface area contributed by atoms with Crippen molar-refractivity contribution in [3.63, 3.8) is 0 Å². The molecule has 2 nitrogen and oxygen atoms in total. The normalized spacial score (nSPS) is 18.3. The summed E-state index contributed by atoms with van der Waals surface area (Å²) >= 11 is 0. The van der Waals surface area contributed by atoms with E-state index in [4.69, 9.17) is 12.2 Å². The first kappa shape index (κ1) is 7.33. The van der Waals surface area contributed by atoms with Crippen LogP contribution >= 0.6 is 0 Å². The van der Waals surface area contributed by atoms with Crippen LogP contribution in [0.4, 0.5) is 0 Å². The number of terminal acetylenes is 1. The van der Waals surface area contributed by atoms with Gasteiger partial charge in [-0.15, -0.1) is 6.42 Å². The van der Waals surface area contributed by atoms with Crippen molar-refractivity contribution in [2.75, 3.05) is 0 Å². The molecule has 1 aromatic rings. The van der Waals surface area contributed by atoms with Crippen molar-refractivity contribution in [1.82, 2.24) is 4.98 Å². The molecule has 0 aromatic carbocycles. The van der Waals surface area contributed by atoms with E-state index in [1.807, 2.05) is 6.07 Å². The monoisotopic (exact) mass is 158 g/mol. The minimum absolute atomic E-state index is 0.171. The molecule has 1 aromatic heterocycles. The molecule has 0 unspecified atom stereocenters. The second kappa shape index (κ2) is 2.33. The fraction of sp³-hybridized carbons (Fsp3) is 0.300. The number of rotatable bonds is 1. The van der Waals surface area contributed by atoms with Gasteiger partial charge in [-0.25, -0.2) is 0 Å². The Balaban J connectivity index is 2.50. The van der Waals surface area contributed by atoms with Crippen molar-refractivity contribution in [3.05, 3.63) is 29.6 Å². The van der Waals surface area contributed by atoms with Gasteiger partial charge in [-0.2, -0.15) is 0 Å². The third-order valence-corrected chi connectivity index (χ3v) is 2.30. The third-order valence-electron chi connectivity index (χ3n) is 2.30. The van der Waals surface area contributed by atoms with E-state index in [2.05, 4.69) is 10.9 Å². The van der Waals surface area contributed by atoms with Gasteiger partial charge in [-0.05, 0) is 18.9 Å². The van der Waals surface area contributed by atoms with E-state index in [1.165, 1.54) is 0 Å². The molecule has 0 aliphatic heterocycles. The molecule has 1 aliphatic carbocycles. The highest BCUT2D eigenvalue weighted by Gasteiger charge is 2.41. The molecule has 60 valence electrons. The SMILES string of the molecule is C#Cc1ccncc1C1(N)CC1. The van der Waals surface area contributed by atoms with E-state index in [9.17, 15) is 0 Å². The van der Waals surface area contributed by atoms with Crippen LogP contribution in [0.25, 0.3) is 0 Å². The Hall–Kier alpha value is -1.33. The zero-order chi connectivity index (χ0) is 8.60. The molecule has 1 aliphatic rings. The van der Waals surface area contributed by atoms with Gasteiger partial charge in [-0.3, -0.25) is 4.98 Å². The second-order valence-electron chi connectivity index (χ2n) is 3.22. The summed E-state index contributed by atoms with van der Waals surface area (Å²) in [4.78, 5) is 4.02. The van der Waals surface area contributed by atoms with Crippen molar-refractivity contribution in [2.24, 2.45) is 5.73 Å². The van der Waals surface area contributed by atoms with Crippen LogP contribution in [0.5, 0.6) is 0 Å². The van der Waals surface area contributed by atoms with Crippen molar-refractivity contribution < 1.29 is 0 Å². The summed E-state index contributed by atoms with van der Waals surface area (Å²) in [5.41, 5.74) is 7.74. The highest BCUT2D eigenvalue weighted by molar-refractivity contribution is 5.44. The van der Waals surface area contributed by atoms with Crippen molar-refractivity contribution in [2.45, 2.75) is 18.4 Å². The molecule has 1 saturated carbocycles. The van der Waals surface area contributed by atoms with Crippen LogP contribution < -0.4 is 5.73 Å². The lowest BCUT2D eigenvalue weighted by molar-refractivity contribution is 0.732. The molecule has 0 saturated heterocycles. The average Bonchev–Trinajstić information content (AvgIpc) is 2.85. The molecule has 0 spiro atoms. The Kier molecular flexibility index (Phi) is 1.42. The summed E-state index contributed by atoms with van der Waals surface area (Å²) in [6, 6.07) is 1.84. The van der Waals surface area contributed by atoms with Crippen LogP contribution in [0.15, 0.2) is 18.5 Å². The molecule has 1 fully saturated rings. The maximum absolute atomic E-state index is 6.01. The molecule has 0 radical (unpaired) electrons. The lowest BCUT2D eigenvalue weighted by Crippen LogP contribution is -2.20. The summed E-state index contributed by atoms with van der Waals surface area (Å²) in [6.07, 6.45) is 10.9. The molecule has 2 heteroatoms. The van der Waals surface area contributed by atoms with Crippen molar-refractivity contribution in [3.8, 4) is 12.3 Å². The smallest absolute Gasteiger partial charge is 0.0439 e. The van der Waals surface area contributed by atoms with Crippen LogP contribution in [-0.4, -0.2) is 4.98 Å². The van der Waals surface area contributed by atoms with E-state index >= 15 is 0 Å². The Bertz CT molecular complexity index is 345. The van der Waals surface area contributed by atoms with Crippen LogP contribution in [0.3, 0.4) is 0 Å². The van der Waals surface area contributed by atoms with E-state index < -0.39 is 0 Å². The van der Waals surface area contributed by atoms with E-state index in [0.717, 1.165) is 24.0 Å². The van der Waals surface area contributed by atoms with Gasteiger partial charge in [0.25, 0.3) is 0 Å². The fourth-order valence-electron chi connectivity index (χ4n) is 1.32. The highest BCUT2D eigenvalue weighted by atomic mass is 14.8. The van der Waals surface area contributed by atoms with Gasteiger partial charge in [0.05, 0.1) is 0 Å². The van der Waals surface area contributed by atoms with Gasteiger partial charge in [0.15, 0.2) is 0 Å². The first-order valence-electron chi connectivity index (χ1n) is 3.96. The number of hydrogen-bond acceptors (Lipinski definition) is 2. The first-order chi connectivity index (χ1) is 5.76. The molecule has 2 N–H and O–H groups in total. The van der Waals surface area contributed by atoms with Crippen LogP contribution in [0.1, 0.15) is 24.0 Å². The minimum Gasteiger partial charge on any atom is -0.321 e. The van der Waals surface area contributed by atoms with Gasteiger partial charge < -0.3 is 5.73 Å². The topological polar surface area (TPSA) is 38.9 Å². The Morgan fingerprint density at radius 1 is 1.58 bits per heavy atom. The second-order valence-corrected chi connectivity index (χ2v) is 3.22. The van der Waals surface area contributed by atoms with Gasteiger partial charge in [0, 0.05) is 29.1 Å². The number of pyridine rings is 1. The predicted molar refractivity (Wildman–Crippen MR) is 47.3 cm³/mol. The summed E-state index contributed by atoms with van der Waals surface area (Å²) in [6.45, 7) is 0. The molecular weight excluding hydrogens is 148 g/mol. The Morgan fingerprint density at radius 2 is 2.33 bits per heavy atom. The minimum atomic E-state index is -0.171. The van der Waals surface area contributed by atoms with Gasteiger partial charge >= 0.3 is 0 Å². The molecule has 12 heavy (non-hydrogen) atoms. The van der Waals surface area contributed by atoms with Crippen molar-refractivity contribution in [1.29, 1.82) is 0 Å². The van der Waals surface area contributed by atoms with Gasteiger partial charge in [0.2, 0.25) is 0 Å². The summed E-state index contributed by atoms with van der Waals surface area (Å²) in [5.74, 6) is 2.62. The number of aromatic nitrogens is 1. The van der Waals surface area contributed by atoms with E-state index in [-0.39, 0.29) is 5.54 Å². The maximum atomic E-state index is 6.01. The highest BCUT2D eigenvalue weighted by Crippen LogP contribution is 2.43. The lowest BCUT2D eigenvalue weighted by Gasteiger charge is -2.09. The van der Waals surface area contributed by atoms with Crippen LogP contribution in [-0.2, 0) is 5.54 Å². The molecular formula is C10H10N2. The molecule has 1 heterocycles. The molecule has 0 atom stereocenters. The van der Waals surface area contributed by atoms with E-state index in [0.29, 0.717) is 0 Å². The van der Waals surface area contributed by atoms with Crippen LogP contribution in [0, 0.1) is 12.3 Å². The number of hydrogen-bond donors (Lipinski definition) is 1. The number of nitrogens with zero attached hydrogens (tertiary/aromatic N) is 1. The summed E-state index contributed by atoms with van der Waals surface area (Å²) < 4.78 is 0. The maximum Gasteiger partial charge on any atom is 0.0439 e. The first-order valence-corrected chi connectivity index (χ1v) is 3.96. The average molecular weight is 158 g/mol. The van der Waals surface area contributed by atoms with Crippen LogP contribution in [0.2, 0.25) is 0 Å². The number of nitrogens with two attached hydrogens (primary N) is 1. The zero-order valence-corrected chi connectivity index (χ0v) is 6.75. The molecule has 2 rings (SSSR count). The zero-order valence-electron chi connectivity index (χ0n) is 6.75. The molecule has 0 amide bonds. The summed E-state index contributed by atoms with van der Waals surface area (Å²) in [7, 11) is 0. The fourth-order valence-corrected chi connectivity index (χ4v) is 1.32. The lowest BCUT2D eigenvalue weighted by atomic mass is 10.0. The van der Waals surface area contributed by atoms with Gasteiger partial charge in [0.1, 0.15) is 0 Å². The Labute approximate surface area is 71.8 Å². The Morgan fingerprint density at radius 3 is 2.92 bits per heavy atom. The standard InChI is InChI=1S/C10H10N2/c1-2-8-3-6-12-7-9(8)10(11)4-5-10/h1,3,6-7H,4-5,11H2. The third kappa shape index (κ3) is 0.992. The summed E-state index contributed by atoms with van der Waals surface area (Å²) in [5, 5.41) is 0.